The van der Waals surface area contributed by atoms with E-state index < -0.39 is 42.4 Å². The topological polar surface area (TPSA) is 66.5 Å². The van der Waals surface area contributed by atoms with Crippen molar-refractivity contribution in [3.8, 4) is 0 Å². The molecule has 1 rings (SSSR count). The lowest BCUT2D eigenvalue weighted by Gasteiger charge is -2.40. The number of nitrogens with zero attached hydrogens (tertiary/aromatic N) is 1. The van der Waals surface area contributed by atoms with Gasteiger partial charge in [-0.3, -0.25) is 19.7 Å². The molecule has 0 unspecified atom stereocenters. The molecule has 1 fully saturated rings. The van der Waals surface area contributed by atoms with E-state index in [4.69, 9.17) is 0 Å². The smallest absolute Gasteiger partial charge is 0.319 e. The van der Waals surface area contributed by atoms with Crippen molar-refractivity contribution in [2.75, 3.05) is 6.54 Å². The van der Waals surface area contributed by atoms with Crippen molar-refractivity contribution in [3.63, 3.8) is 0 Å². The largest absolute Gasteiger partial charge is 0.397 e. The molecule has 5 nitrogen and oxygen atoms in total. The van der Waals surface area contributed by atoms with Gasteiger partial charge in [-0.05, 0) is 13.8 Å². The summed E-state index contributed by atoms with van der Waals surface area (Å²) in [5.41, 5.74) is -1.46. The third-order valence-electron chi connectivity index (χ3n) is 2.44. The van der Waals surface area contributed by atoms with Crippen molar-refractivity contribution < 1.29 is 27.6 Å². The molecule has 0 aromatic heterocycles. The molecule has 8 heteroatoms. The van der Waals surface area contributed by atoms with Crippen LogP contribution in [0.2, 0.25) is 0 Å². The highest BCUT2D eigenvalue weighted by Gasteiger charge is 2.46. The average molecular weight is 252 g/mol. The van der Waals surface area contributed by atoms with E-state index in [1.54, 1.807) is 0 Å². The lowest BCUT2D eigenvalue weighted by molar-refractivity contribution is -0.171. The van der Waals surface area contributed by atoms with Gasteiger partial charge in [0.15, 0.2) is 0 Å². The Hall–Kier alpha value is -1.60. The number of halogens is 3. The Balaban J connectivity index is 2.90. The van der Waals surface area contributed by atoms with Gasteiger partial charge in [0.05, 0.1) is 0 Å². The van der Waals surface area contributed by atoms with Crippen LogP contribution in [0.25, 0.3) is 0 Å². The van der Waals surface area contributed by atoms with Crippen LogP contribution in [0.4, 0.5) is 13.2 Å². The highest BCUT2D eigenvalue weighted by Crippen LogP contribution is 2.25. The average Bonchev–Trinajstić information content (AvgIpc) is 2.08. The molecular weight excluding hydrogens is 241 g/mol. The van der Waals surface area contributed by atoms with Crippen molar-refractivity contribution in [1.29, 1.82) is 0 Å². The minimum atomic E-state index is -4.66. The second kappa shape index (κ2) is 4.01. The zero-order valence-corrected chi connectivity index (χ0v) is 9.22. The first-order valence-electron chi connectivity index (χ1n) is 4.75. The number of imide groups is 1. The summed E-state index contributed by atoms with van der Waals surface area (Å²) >= 11 is 0. The second-order valence-electron chi connectivity index (χ2n) is 4.21. The van der Waals surface area contributed by atoms with Crippen LogP contribution in [-0.2, 0) is 14.4 Å². The third-order valence-corrected chi connectivity index (χ3v) is 2.44. The van der Waals surface area contributed by atoms with E-state index in [1.165, 1.54) is 13.8 Å². The summed E-state index contributed by atoms with van der Waals surface area (Å²) in [5, 5.41) is 1.96. The number of hydrogen-bond acceptors (Lipinski definition) is 3. The quantitative estimate of drug-likeness (QED) is 0.678. The van der Waals surface area contributed by atoms with Crippen LogP contribution < -0.4 is 5.32 Å². The van der Waals surface area contributed by atoms with Crippen molar-refractivity contribution in [3.05, 3.63) is 0 Å². The first-order valence-corrected chi connectivity index (χ1v) is 4.75. The Kier molecular flexibility index (Phi) is 3.17. The minimum absolute atomic E-state index is 0.548. The lowest BCUT2D eigenvalue weighted by Crippen LogP contribution is -2.65. The first-order chi connectivity index (χ1) is 7.54. The van der Waals surface area contributed by atoms with Gasteiger partial charge < -0.3 is 4.90 Å². The Bertz CT molecular complexity index is 376. The van der Waals surface area contributed by atoms with Gasteiger partial charge in [-0.2, -0.15) is 13.2 Å². The molecule has 0 aromatic carbocycles. The molecule has 1 aliphatic heterocycles. The summed E-state index contributed by atoms with van der Waals surface area (Å²) in [6.45, 7) is 2.01. The molecule has 1 aliphatic rings. The number of rotatable bonds is 1. The molecule has 0 bridgehead atoms. The van der Waals surface area contributed by atoms with E-state index in [0.717, 1.165) is 0 Å². The standard InChI is InChI=1S/C9H11F3N2O3/c1-8(2)7(17)13-5(15)4-14(8)6(16)3-9(10,11)12/h3-4H2,1-2H3,(H,13,15,17). The predicted molar refractivity (Wildman–Crippen MR) is 49.6 cm³/mol. The molecule has 1 heterocycles. The lowest BCUT2D eigenvalue weighted by atomic mass is 9.98. The van der Waals surface area contributed by atoms with E-state index in [1.807, 2.05) is 5.32 Å². The number of amides is 3. The van der Waals surface area contributed by atoms with Crippen LogP contribution in [0.15, 0.2) is 0 Å². The summed E-state index contributed by atoms with van der Waals surface area (Å²) in [6.07, 6.45) is -6.35. The van der Waals surface area contributed by atoms with Gasteiger partial charge in [0.1, 0.15) is 18.5 Å². The Labute approximate surface area is 94.9 Å². The number of alkyl halides is 3. The fourth-order valence-electron chi connectivity index (χ4n) is 1.45. The maximum absolute atomic E-state index is 12.1. The molecule has 1 N–H and O–H groups in total. The molecular formula is C9H11F3N2O3. The van der Waals surface area contributed by atoms with Gasteiger partial charge in [-0.15, -0.1) is 0 Å². The molecule has 17 heavy (non-hydrogen) atoms. The second-order valence-corrected chi connectivity index (χ2v) is 4.21. The van der Waals surface area contributed by atoms with Crippen molar-refractivity contribution in [1.82, 2.24) is 10.2 Å². The van der Waals surface area contributed by atoms with Crippen LogP contribution in [-0.4, -0.2) is 40.9 Å². The molecule has 3 amide bonds. The Morgan fingerprint density at radius 1 is 1.41 bits per heavy atom. The summed E-state index contributed by atoms with van der Waals surface area (Å²) in [5.74, 6) is -2.86. The predicted octanol–water partition coefficient (Wildman–Crippen LogP) is 0.202. The van der Waals surface area contributed by atoms with Crippen molar-refractivity contribution in [2.45, 2.75) is 32.0 Å². The number of hydrogen-bond donors (Lipinski definition) is 1. The molecule has 0 spiro atoms. The highest BCUT2D eigenvalue weighted by atomic mass is 19.4. The van der Waals surface area contributed by atoms with Crippen LogP contribution in [0.1, 0.15) is 20.3 Å². The summed E-state index contributed by atoms with van der Waals surface area (Å²) in [4.78, 5) is 34.5. The van der Waals surface area contributed by atoms with Crippen molar-refractivity contribution in [2.24, 2.45) is 0 Å². The molecule has 0 aliphatic carbocycles. The number of piperazine rings is 1. The highest BCUT2D eigenvalue weighted by molar-refractivity contribution is 6.06. The molecule has 0 saturated carbocycles. The van der Waals surface area contributed by atoms with Gasteiger partial charge in [0.2, 0.25) is 11.8 Å². The zero-order chi connectivity index (χ0) is 13.4. The summed E-state index contributed by atoms with van der Waals surface area (Å²) < 4.78 is 36.2. The minimum Gasteiger partial charge on any atom is -0.319 e. The first kappa shape index (κ1) is 13.5. The van der Waals surface area contributed by atoms with E-state index in [2.05, 4.69) is 0 Å². The SMILES string of the molecule is CC1(C)C(=O)NC(=O)CN1C(=O)CC(F)(F)F. The van der Waals surface area contributed by atoms with Gasteiger partial charge in [-0.1, -0.05) is 0 Å². The maximum Gasteiger partial charge on any atom is 0.397 e. The maximum atomic E-state index is 12.1. The van der Waals surface area contributed by atoms with Gasteiger partial charge >= 0.3 is 6.18 Å². The molecule has 96 valence electrons. The number of carbonyl (C=O) groups excluding carboxylic acids is 3. The Morgan fingerprint density at radius 3 is 2.41 bits per heavy atom. The zero-order valence-electron chi connectivity index (χ0n) is 9.22. The fourth-order valence-corrected chi connectivity index (χ4v) is 1.45. The monoisotopic (exact) mass is 252 g/mol. The van der Waals surface area contributed by atoms with Crippen LogP contribution >= 0.6 is 0 Å². The van der Waals surface area contributed by atoms with Gasteiger partial charge in [0.25, 0.3) is 5.91 Å². The summed E-state index contributed by atoms with van der Waals surface area (Å²) in [7, 11) is 0. The molecule has 0 aromatic rings. The summed E-state index contributed by atoms with van der Waals surface area (Å²) in [6, 6.07) is 0. The van der Waals surface area contributed by atoms with Crippen LogP contribution in [0.3, 0.4) is 0 Å². The van der Waals surface area contributed by atoms with E-state index >= 15 is 0 Å². The van der Waals surface area contributed by atoms with Gasteiger partial charge in [0, 0.05) is 0 Å². The van der Waals surface area contributed by atoms with Gasteiger partial charge in [-0.25, -0.2) is 0 Å². The Morgan fingerprint density at radius 2 is 1.94 bits per heavy atom. The van der Waals surface area contributed by atoms with Crippen molar-refractivity contribution >= 4 is 17.7 Å². The van der Waals surface area contributed by atoms with E-state index in [9.17, 15) is 27.6 Å². The van der Waals surface area contributed by atoms with E-state index in [0.29, 0.717) is 4.90 Å². The molecule has 0 atom stereocenters. The van der Waals surface area contributed by atoms with Crippen LogP contribution in [0.5, 0.6) is 0 Å². The number of carbonyl (C=O) groups is 3. The number of nitrogens with one attached hydrogen (secondary N) is 1. The third kappa shape index (κ3) is 2.95. The molecule has 0 radical (unpaired) electrons. The molecule has 1 saturated heterocycles. The normalized spacial score (nSPS) is 20.2. The van der Waals surface area contributed by atoms with Crippen LogP contribution in [0, 0.1) is 0 Å². The van der Waals surface area contributed by atoms with E-state index in [-0.39, 0.29) is 0 Å². The fraction of sp³-hybridized carbons (Fsp3) is 0.667.